The summed E-state index contributed by atoms with van der Waals surface area (Å²) in [7, 11) is 0. The van der Waals surface area contributed by atoms with Gasteiger partial charge in [0.2, 0.25) is 0 Å². The molecule has 2 N–H and O–H groups in total. The van der Waals surface area contributed by atoms with E-state index in [0.717, 1.165) is 12.8 Å². The summed E-state index contributed by atoms with van der Waals surface area (Å²) >= 11 is 0. The molecule has 0 saturated heterocycles. The maximum absolute atomic E-state index is 6.44. The van der Waals surface area contributed by atoms with Crippen molar-refractivity contribution in [2.75, 3.05) is 0 Å². The van der Waals surface area contributed by atoms with Gasteiger partial charge in [-0.3, -0.25) is 0 Å². The van der Waals surface area contributed by atoms with Crippen LogP contribution in [0.5, 0.6) is 0 Å². The van der Waals surface area contributed by atoms with Crippen LogP contribution in [0.15, 0.2) is 36.4 Å². The Labute approximate surface area is 122 Å². The van der Waals surface area contributed by atoms with Crippen LogP contribution >= 0.6 is 0 Å². The fraction of sp³-hybridized carbons (Fsp3) is 0.368. The van der Waals surface area contributed by atoms with Crippen molar-refractivity contribution in [2.45, 2.75) is 46.6 Å². The fourth-order valence-electron chi connectivity index (χ4n) is 2.81. The summed E-state index contributed by atoms with van der Waals surface area (Å²) in [5, 5.41) is 0. The molecule has 0 aromatic heterocycles. The molecule has 0 radical (unpaired) electrons. The second-order valence-electron chi connectivity index (χ2n) is 5.56. The van der Waals surface area contributed by atoms with Gasteiger partial charge in [0.25, 0.3) is 0 Å². The third-order valence-electron chi connectivity index (χ3n) is 4.21. The number of nitrogens with two attached hydrogens (primary N) is 1. The molecular weight excluding hydrogens is 242 g/mol. The van der Waals surface area contributed by atoms with Crippen LogP contribution in [0, 0.1) is 13.8 Å². The Hall–Kier alpha value is -1.60. The molecule has 2 aromatic carbocycles. The van der Waals surface area contributed by atoms with E-state index >= 15 is 0 Å². The minimum Gasteiger partial charge on any atom is -0.320 e. The molecule has 0 fully saturated rings. The average molecular weight is 267 g/mol. The SMILES string of the molecule is CCc1ccc(C(N)c2ccc(CC)c(C)c2)cc1C. The first kappa shape index (κ1) is 14.8. The molecule has 0 aliphatic rings. The Bertz CT molecular complexity index is 545. The van der Waals surface area contributed by atoms with Crippen molar-refractivity contribution >= 4 is 0 Å². The van der Waals surface area contributed by atoms with E-state index in [4.69, 9.17) is 5.73 Å². The van der Waals surface area contributed by atoms with E-state index in [-0.39, 0.29) is 6.04 Å². The summed E-state index contributed by atoms with van der Waals surface area (Å²) < 4.78 is 0. The van der Waals surface area contributed by atoms with Gasteiger partial charge in [-0.15, -0.1) is 0 Å². The standard InChI is InChI=1S/C19H25N/c1-5-15-7-9-17(11-13(15)3)19(20)18-10-8-16(6-2)14(4)12-18/h7-12,19H,5-6,20H2,1-4H3. The Balaban J connectivity index is 2.33. The van der Waals surface area contributed by atoms with Gasteiger partial charge in [0, 0.05) is 0 Å². The maximum atomic E-state index is 6.44. The molecule has 0 aliphatic heterocycles. The molecule has 106 valence electrons. The van der Waals surface area contributed by atoms with E-state index in [9.17, 15) is 0 Å². The molecule has 20 heavy (non-hydrogen) atoms. The number of benzene rings is 2. The fourth-order valence-corrected chi connectivity index (χ4v) is 2.81. The van der Waals surface area contributed by atoms with Crippen LogP contribution in [0.25, 0.3) is 0 Å². The second-order valence-corrected chi connectivity index (χ2v) is 5.56. The molecule has 1 nitrogen and oxygen atoms in total. The third-order valence-corrected chi connectivity index (χ3v) is 4.21. The zero-order chi connectivity index (χ0) is 14.7. The monoisotopic (exact) mass is 267 g/mol. The normalized spacial score (nSPS) is 11.1. The van der Waals surface area contributed by atoms with Crippen LogP contribution in [0.4, 0.5) is 0 Å². The first-order valence-corrected chi connectivity index (χ1v) is 7.51. The molecule has 0 spiro atoms. The van der Waals surface area contributed by atoms with Crippen LogP contribution in [0.2, 0.25) is 0 Å². The van der Waals surface area contributed by atoms with Gasteiger partial charge >= 0.3 is 0 Å². The zero-order valence-electron chi connectivity index (χ0n) is 13.0. The average Bonchev–Trinajstić information content (AvgIpc) is 2.46. The lowest BCUT2D eigenvalue weighted by Crippen LogP contribution is -2.12. The predicted octanol–water partition coefficient (Wildman–Crippen LogP) is 4.48. The van der Waals surface area contributed by atoms with Crippen LogP contribution in [-0.2, 0) is 12.8 Å². The van der Waals surface area contributed by atoms with E-state index < -0.39 is 0 Å². The van der Waals surface area contributed by atoms with Crippen LogP contribution in [0.3, 0.4) is 0 Å². The van der Waals surface area contributed by atoms with Crippen molar-refractivity contribution in [1.82, 2.24) is 0 Å². The summed E-state index contributed by atoms with van der Waals surface area (Å²) in [6.07, 6.45) is 2.15. The molecule has 1 heteroatoms. The van der Waals surface area contributed by atoms with Gasteiger partial charge in [0.15, 0.2) is 0 Å². The molecule has 0 aliphatic carbocycles. The van der Waals surface area contributed by atoms with Crippen LogP contribution in [0.1, 0.15) is 53.3 Å². The number of hydrogen-bond acceptors (Lipinski definition) is 1. The van der Waals surface area contributed by atoms with Gasteiger partial charge in [0.1, 0.15) is 0 Å². The smallest absolute Gasteiger partial charge is 0.0551 e. The van der Waals surface area contributed by atoms with Crippen molar-refractivity contribution in [1.29, 1.82) is 0 Å². The highest BCUT2D eigenvalue weighted by Gasteiger charge is 2.11. The van der Waals surface area contributed by atoms with Crippen LogP contribution < -0.4 is 5.73 Å². The molecule has 0 saturated carbocycles. The number of hydrogen-bond donors (Lipinski definition) is 1. The van der Waals surface area contributed by atoms with E-state index in [2.05, 4.69) is 64.1 Å². The second kappa shape index (κ2) is 6.23. The molecule has 0 amide bonds. The van der Waals surface area contributed by atoms with E-state index in [0.29, 0.717) is 0 Å². The highest BCUT2D eigenvalue weighted by molar-refractivity contribution is 5.40. The number of rotatable bonds is 4. The minimum atomic E-state index is -0.0378. The van der Waals surface area contributed by atoms with E-state index in [1.807, 2.05) is 0 Å². The molecular formula is C19H25N. The molecule has 0 atom stereocenters. The van der Waals surface area contributed by atoms with Crippen molar-refractivity contribution in [2.24, 2.45) is 5.73 Å². The molecule has 0 unspecified atom stereocenters. The Morgan fingerprint density at radius 1 is 0.800 bits per heavy atom. The van der Waals surface area contributed by atoms with Crippen molar-refractivity contribution in [3.05, 3.63) is 69.8 Å². The predicted molar refractivity (Wildman–Crippen MR) is 87.1 cm³/mol. The molecule has 0 bridgehead atoms. The maximum Gasteiger partial charge on any atom is 0.0551 e. The summed E-state index contributed by atoms with van der Waals surface area (Å²) in [4.78, 5) is 0. The van der Waals surface area contributed by atoms with E-state index in [1.165, 1.54) is 33.4 Å². The Kier molecular flexibility index (Phi) is 4.61. The zero-order valence-corrected chi connectivity index (χ0v) is 13.0. The topological polar surface area (TPSA) is 26.0 Å². The van der Waals surface area contributed by atoms with Gasteiger partial charge in [-0.25, -0.2) is 0 Å². The van der Waals surface area contributed by atoms with E-state index in [1.54, 1.807) is 0 Å². The molecule has 2 aromatic rings. The van der Waals surface area contributed by atoms with Crippen molar-refractivity contribution in [3.63, 3.8) is 0 Å². The van der Waals surface area contributed by atoms with Crippen molar-refractivity contribution < 1.29 is 0 Å². The minimum absolute atomic E-state index is 0.0378. The van der Waals surface area contributed by atoms with Crippen LogP contribution in [-0.4, -0.2) is 0 Å². The first-order valence-electron chi connectivity index (χ1n) is 7.51. The summed E-state index contributed by atoms with van der Waals surface area (Å²) in [5.41, 5.74) is 14.3. The lowest BCUT2D eigenvalue weighted by atomic mass is 9.93. The highest BCUT2D eigenvalue weighted by atomic mass is 14.6. The first-order chi connectivity index (χ1) is 9.56. The van der Waals surface area contributed by atoms with Gasteiger partial charge in [0.05, 0.1) is 6.04 Å². The molecule has 0 heterocycles. The van der Waals surface area contributed by atoms with Gasteiger partial charge < -0.3 is 5.73 Å². The quantitative estimate of drug-likeness (QED) is 0.868. The van der Waals surface area contributed by atoms with Gasteiger partial charge in [-0.1, -0.05) is 50.2 Å². The highest BCUT2D eigenvalue weighted by Crippen LogP contribution is 2.24. The van der Waals surface area contributed by atoms with Gasteiger partial charge in [-0.05, 0) is 60.1 Å². The summed E-state index contributed by atoms with van der Waals surface area (Å²) in [6, 6.07) is 13.2. The Morgan fingerprint density at radius 3 is 1.50 bits per heavy atom. The molecule has 2 rings (SSSR count). The Morgan fingerprint density at radius 2 is 1.20 bits per heavy atom. The van der Waals surface area contributed by atoms with Gasteiger partial charge in [-0.2, -0.15) is 0 Å². The lowest BCUT2D eigenvalue weighted by molar-refractivity contribution is 0.863. The number of aryl methyl sites for hydroxylation is 4. The van der Waals surface area contributed by atoms with Crippen molar-refractivity contribution in [3.8, 4) is 0 Å². The summed E-state index contributed by atoms with van der Waals surface area (Å²) in [6.45, 7) is 8.71. The third kappa shape index (κ3) is 2.94. The summed E-state index contributed by atoms with van der Waals surface area (Å²) in [5.74, 6) is 0. The largest absolute Gasteiger partial charge is 0.320 e. The lowest BCUT2D eigenvalue weighted by Gasteiger charge is -2.16.